The Morgan fingerprint density at radius 1 is 1.67 bits per heavy atom. The third kappa shape index (κ3) is 1.19. The average molecular weight is 121 g/mol. The summed E-state index contributed by atoms with van der Waals surface area (Å²) < 4.78 is 0. The molecule has 0 bridgehead atoms. The van der Waals surface area contributed by atoms with E-state index < -0.39 is 0 Å². The van der Waals surface area contributed by atoms with Crippen LogP contribution in [0.15, 0.2) is 12.3 Å². The molecule has 47 valence electrons. The van der Waals surface area contributed by atoms with Crippen molar-refractivity contribution in [3.8, 4) is 0 Å². The van der Waals surface area contributed by atoms with Crippen molar-refractivity contribution in [1.82, 2.24) is 4.98 Å². The largest absolute Gasteiger partial charge is 0.373 e. The molecule has 0 aromatic carbocycles. The van der Waals surface area contributed by atoms with E-state index in [1.54, 1.807) is 6.20 Å². The van der Waals surface area contributed by atoms with Crippen LogP contribution in [-0.2, 0) is 0 Å². The summed E-state index contributed by atoms with van der Waals surface area (Å²) in [4.78, 5) is 4.03. The minimum atomic E-state index is 0.925. The molecule has 0 aliphatic carbocycles. The van der Waals surface area contributed by atoms with E-state index in [1.165, 1.54) is 0 Å². The fourth-order valence-electron chi connectivity index (χ4n) is 0.696. The van der Waals surface area contributed by atoms with Gasteiger partial charge in [0, 0.05) is 19.3 Å². The molecule has 1 aromatic rings. The lowest BCUT2D eigenvalue weighted by Gasteiger charge is -1.99. The molecule has 9 heavy (non-hydrogen) atoms. The number of rotatable bonds is 1. The monoisotopic (exact) mass is 121 g/mol. The molecular weight excluding hydrogens is 112 g/mol. The van der Waals surface area contributed by atoms with Crippen LogP contribution in [0.3, 0.4) is 0 Å². The predicted octanol–water partition coefficient (Wildman–Crippen LogP) is 1.23. The lowest BCUT2D eigenvalue weighted by Crippen LogP contribution is -1.93. The highest BCUT2D eigenvalue weighted by atomic mass is 14.9. The van der Waals surface area contributed by atoms with E-state index in [1.807, 2.05) is 20.0 Å². The van der Waals surface area contributed by atoms with Gasteiger partial charge < -0.3 is 5.32 Å². The maximum Gasteiger partial charge on any atom is 0.128 e. The summed E-state index contributed by atoms with van der Waals surface area (Å²) in [5.74, 6) is 0.925. The van der Waals surface area contributed by atoms with Gasteiger partial charge in [-0.15, -0.1) is 0 Å². The molecule has 0 fully saturated rings. The van der Waals surface area contributed by atoms with Crippen LogP contribution >= 0.6 is 0 Å². The van der Waals surface area contributed by atoms with E-state index >= 15 is 0 Å². The molecule has 1 heterocycles. The molecule has 0 aliphatic heterocycles. The Morgan fingerprint density at radius 3 is 2.89 bits per heavy atom. The summed E-state index contributed by atoms with van der Waals surface area (Å²) in [5.41, 5.74) is 1.12. The molecule has 0 saturated carbocycles. The third-order valence-electron chi connectivity index (χ3n) is 1.18. The number of aromatic nitrogens is 1. The van der Waals surface area contributed by atoms with Crippen molar-refractivity contribution in [3.63, 3.8) is 0 Å². The van der Waals surface area contributed by atoms with Gasteiger partial charge in [0.2, 0.25) is 0 Å². The van der Waals surface area contributed by atoms with Gasteiger partial charge in [-0.3, -0.25) is 0 Å². The van der Waals surface area contributed by atoms with Crippen LogP contribution < -0.4 is 5.32 Å². The van der Waals surface area contributed by atoms with Gasteiger partial charge in [0.1, 0.15) is 5.82 Å². The van der Waals surface area contributed by atoms with E-state index in [9.17, 15) is 0 Å². The van der Waals surface area contributed by atoms with E-state index in [2.05, 4.69) is 16.4 Å². The first-order valence-electron chi connectivity index (χ1n) is 2.85. The molecular formula is C7H9N2. The van der Waals surface area contributed by atoms with Crippen LogP contribution in [0.25, 0.3) is 0 Å². The fourth-order valence-corrected chi connectivity index (χ4v) is 0.696. The first kappa shape index (κ1) is 6.08. The maximum absolute atomic E-state index is 4.03. The molecule has 2 heteroatoms. The highest BCUT2D eigenvalue weighted by molar-refractivity contribution is 5.41. The van der Waals surface area contributed by atoms with E-state index in [4.69, 9.17) is 0 Å². The molecule has 1 radical (unpaired) electrons. The van der Waals surface area contributed by atoms with Gasteiger partial charge in [-0.1, -0.05) is 0 Å². The highest BCUT2D eigenvalue weighted by Crippen LogP contribution is 2.06. The molecule has 0 aliphatic rings. The Labute approximate surface area is 54.9 Å². The number of nitrogens with zero attached hydrogens (tertiary/aromatic N) is 1. The topological polar surface area (TPSA) is 24.9 Å². The van der Waals surface area contributed by atoms with Crippen LogP contribution in [-0.4, -0.2) is 12.0 Å². The third-order valence-corrected chi connectivity index (χ3v) is 1.18. The van der Waals surface area contributed by atoms with Crippen LogP contribution in [0.2, 0.25) is 0 Å². The quantitative estimate of drug-likeness (QED) is 0.604. The highest BCUT2D eigenvalue weighted by Gasteiger charge is 1.90. The second kappa shape index (κ2) is 2.49. The van der Waals surface area contributed by atoms with Crippen molar-refractivity contribution in [2.24, 2.45) is 0 Å². The minimum Gasteiger partial charge on any atom is -0.373 e. The van der Waals surface area contributed by atoms with Crippen LogP contribution in [0.4, 0.5) is 5.82 Å². The zero-order valence-corrected chi connectivity index (χ0v) is 5.60. The smallest absolute Gasteiger partial charge is 0.128 e. The van der Waals surface area contributed by atoms with Crippen LogP contribution in [0.1, 0.15) is 5.56 Å². The molecule has 1 N–H and O–H groups in total. The predicted molar refractivity (Wildman–Crippen MR) is 37.4 cm³/mol. The van der Waals surface area contributed by atoms with Crippen LogP contribution in [0.5, 0.6) is 0 Å². The Balaban J connectivity index is 3.01. The first-order valence-corrected chi connectivity index (χ1v) is 2.85. The van der Waals surface area contributed by atoms with Gasteiger partial charge in [-0.25, -0.2) is 4.98 Å². The maximum atomic E-state index is 4.03. The number of aryl methyl sites for hydroxylation is 1. The molecule has 0 saturated heterocycles. The molecule has 1 rings (SSSR count). The average Bonchev–Trinajstić information content (AvgIpc) is 1.89. The molecule has 1 aromatic heterocycles. The normalized spacial score (nSPS) is 9.11. The van der Waals surface area contributed by atoms with E-state index in [0.29, 0.717) is 0 Å². The lowest BCUT2D eigenvalue weighted by atomic mass is 10.3. The Hall–Kier alpha value is -1.05. The van der Waals surface area contributed by atoms with Gasteiger partial charge >= 0.3 is 0 Å². The lowest BCUT2D eigenvalue weighted by molar-refractivity contribution is 1.23. The van der Waals surface area contributed by atoms with Gasteiger partial charge in [0.15, 0.2) is 0 Å². The van der Waals surface area contributed by atoms with Crippen molar-refractivity contribution in [2.75, 3.05) is 12.4 Å². The van der Waals surface area contributed by atoms with E-state index in [-0.39, 0.29) is 0 Å². The number of nitrogens with one attached hydrogen (secondary N) is 1. The van der Waals surface area contributed by atoms with Crippen LogP contribution in [0, 0.1) is 13.0 Å². The summed E-state index contributed by atoms with van der Waals surface area (Å²) in [6, 6.07) is 4.79. The molecule has 0 amide bonds. The SMILES string of the molecule is CNc1nc[c]cc1C. The standard InChI is InChI=1S/C7H9N2/c1-6-4-3-5-9-7(6)8-2/h4-5H,1-2H3,(H,8,9). The fraction of sp³-hybridized carbons (Fsp3) is 0.286. The molecule has 0 spiro atoms. The number of pyridine rings is 1. The minimum absolute atomic E-state index is 0.925. The molecule has 2 nitrogen and oxygen atoms in total. The second-order valence-electron chi connectivity index (χ2n) is 1.85. The van der Waals surface area contributed by atoms with Gasteiger partial charge in [0.25, 0.3) is 0 Å². The summed E-state index contributed by atoms with van der Waals surface area (Å²) in [5, 5.41) is 2.96. The van der Waals surface area contributed by atoms with Gasteiger partial charge in [-0.05, 0) is 18.6 Å². The number of hydrogen-bond acceptors (Lipinski definition) is 2. The summed E-state index contributed by atoms with van der Waals surface area (Å²) in [7, 11) is 1.86. The summed E-state index contributed by atoms with van der Waals surface area (Å²) in [6.07, 6.45) is 1.65. The number of hydrogen-bond donors (Lipinski definition) is 1. The first-order chi connectivity index (χ1) is 4.34. The van der Waals surface area contributed by atoms with Gasteiger partial charge in [0.05, 0.1) is 0 Å². The van der Waals surface area contributed by atoms with Crippen molar-refractivity contribution in [2.45, 2.75) is 6.92 Å². The van der Waals surface area contributed by atoms with Crippen molar-refractivity contribution in [1.29, 1.82) is 0 Å². The zero-order valence-electron chi connectivity index (χ0n) is 5.60. The Morgan fingerprint density at radius 2 is 2.44 bits per heavy atom. The number of anilines is 1. The molecule has 0 atom stereocenters. The Kier molecular flexibility index (Phi) is 1.68. The summed E-state index contributed by atoms with van der Waals surface area (Å²) in [6.45, 7) is 2.00. The molecule has 0 unspecified atom stereocenters. The van der Waals surface area contributed by atoms with Gasteiger partial charge in [-0.2, -0.15) is 0 Å². The zero-order chi connectivity index (χ0) is 6.69. The summed E-state index contributed by atoms with van der Waals surface area (Å²) >= 11 is 0. The van der Waals surface area contributed by atoms with Crippen molar-refractivity contribution in [3.05, 3.63) is 23.9 Å². The van der Waals surface area contributed by atoms with Crippen molar-refractivity contribution < 1.29 is 0 Å². The van der Waals surface area contributed by atoms with Crippen molar-refractivity contribution >= 4 is 5.82 Å². The second-order valence-corrected chi connectivity index (χ2v) is 1.85. The van der Waals surface area contributed by atoms with E-state index in [0.717, 1.165) is 11.4 Å². The Bertz CT molecular complexity index is 196.